The summed E-state index contributed by atoms with van der Waals surface area (Å²) in [4.78, 5) is 13.0. The molecule has 2 atom stereocenters. The number of anilines is 2. The summed E-state index contributed by atoms with van der Waals surface area (Å²) in [6.45, 7) is 5.94. The summed E-state index contributed by atoms with van der Waals surface area (Å²) in [5, 5.41) is 0. The maximum absolute atomic E-state index is 12.6. The fourth-order valence-corrected chi connectivity index (χ4v) is 4.48. The highest BCUT2D eigenvalue weighted by Gasteiger charge is 2.40. The number of rotatable bonds is 6. The molecule has 178 valence electrons. The van der Waals surface area contributed by atoms with Crippen LogP contribution in [0.15, 0.2) is 30.6 Å². The number of alkyl halides is 3. The normalized spacial score (nSPS) is 24.3. The van der Waals surface area contributed by atoms with E-state index in [1.165, 1.54) is 0 Å². The van der Waals surface area contributed by atoms with E-state index in [9.17, 15) is 13.2 Å². The van der Waals surface area contributed by atoms with Crippen molar-refractivity contribution in [3.05, 3.63) is 41.9 Å². The molecule has 2 N–H and O–H groups in total. The maximum Gasteiger partial charge on any atom is 0.390 e. The van der Waals surface area contributed by atoms with Gasteiger partial charge in [0.15, 0.2) is 0 Å². The Morgan fingerprint density at radius 1 is 1.18 bits per heavy atom. The number of nitrogens with one attached hydrogen (secondary N) is 2. The van der Waals surface area contributed by atoms with Crippen LogP contribution in [-0.4, -0.2) is 58.9 Å². The van der Waals surface area contributed by atoms with Gasteiger partial charge in [-0.3, -0.25) is 4.90 Å². The molecule has 0 bridgehead atoms. The second-order valence-corrected chi connectivity index (χ2v) is 9.50. The van der Waals surface area contributed by atoms with Crippen molar-refractivity contribution in [3.8, 4) is 5.75 Å². The van der Waals surface area contributed by atoms with Gasteiger partial charge in [0.05, 0.1) is 23.8 Å². The van der Waals surface area contributed by atoms with Gasteiger partial charge in [-0.2, -0.15) is 13.2 Å². The summed E-state index contributed by atoms with van der Waals surface area (Å²) < 4.78 is 44.0. The van der Waals surface area contributed by atoms with Gasteiger partial charge in [-0.05, 0) is 44.9 Å². The fraction of sp³-hybridized carbons (Fsp3) is 0.565. The van der Waals surface area contributed by atoms with Crippen LogP contribution in [0.1, 0.15) is 50.4 Å². The van der Waals surface area contributed by atoms with Crippen LogP contribution < -0.4 is 20.5 Å². The molecule has 3 aliphatic rings. The molecule has 0 spiro atoms. The molecule has 10 heteroatoms. The van der Waals surface area contributed by atoms with Gasteiger partial charge in [0, 0.05) is 43.9 Å². The SMILES string of the molecule is C[C@H]1CN(c2cc([C@@H]3NNc4ccc(OC5(C)CC5)cc43)ncn2)CCN1CCC(F)(F)F. The van der Waals surface area contributed by atoms with Crippen LogP contribution >= 0.6 is 0 Å². The average Bonchev–Trinajstić information content (AvgIpc) is 3.34. The third kappa shape index (κ3) is 5.01. The van der Waals surface area contributed by atoms with E-state index >= 15 is 0 Å². The minimum atomic E-state index is -4.13. The molecule has 1 saturated heterocycles. The zero-order valence-electron chi connectivity index (χ0n) is 18.8. The Morgan fingerprint density at radius 3 is 2.73 bits per heavy atom. The summed E-state index contributed by atoms with van der Waals surface area (Å²) in [6, 6.07) is 7.86. The van der Waals surface area contributed by atoms with Crippen LogP contribution in [0.4, 0.5) is 24.7 Å². The van der Waals surface area contributed by atoms with Crippen LogP contribution in [0, 0.1) is 0 Å². The minimum Gasteiger partial charge on any atom is -0.488 e. The molecule has 1 aromatic heterocycles. The topological polar surface area (TPSA) is 65.5 Å². The smallest absolute Gasteiger partial charge is 0.390 e. The van der Waals surface area contributed by atoms with Gasteiger partial charge in [-0.25, -0.2) is 15.4 Å². The van der Waals surface area contributed by atoms with Crippen molar-refractivity contribution < 1.29 is 17.9 Å². The third-order valence-electron chi connectivity index (χ3n) is 6.74. The molecule has 1 aromatic carbocycles. The van der Waals surface area contributed by atoms with Crippen molar-refractivity contribution in [2.45, 2.75) is 57.0 Å². The number of hydrazine groups is 1. The number of benzene rings is 1. The minimum absolute atomic E-state index is 0.00927. The Morgan fingerprint density at radius 2 is 2.00 bits per heavy atom. The van der Waals surface area contributed by atoms with E-state index in [1.807, 2.05) is 30.0 Å². The second-order valence-electron chi connectivity index (χ2n) is 9.50. The van der Waals surface area contributed by atoms with Crippen LogP contribution in [-0.2, 0) is 0 Å². The van der Waals surface area contributed by atoms with Gasteiger partial charge in [-0.15, -0.1) is 0 Å². The summed E-state index contributed by atoms with van der Waals surface area (Å²) >= 11 is 0. The number of piperazine rings is 1. The number of hydrogen-bond acceptors (Lipinski definition) is 7. The first-order valence-electron chi connectivity index (χ1n) is 11.4. The van der Waals surface area contributed by atoms with Gasteiger partial charge < -0.3 is 15.1 Å². The first kappa shape index (κ1) is 22.2. The second kappa shape index (κ2) is 8.32. The number of nitrogens with zero attached hydrogens (tertiary/aromatic N) is 4. The predicted octanol–water partition coefficient (Wildman–Crippen LogP) is 3.89. The zero-order valence-corrected chi connectivity index (χ0v) is 18.8. The van der Waals surface area contributed by atoms with Crippen molar-refractivity contribution in [2.24, 2.45) is 0 Å². The molecule has 1 aliphatic carbocycles. The van der Waals surface area contributed by atoms with E-state index in [2.05, 4.69) is 38.7 Å². The highest BCUT2D eigenvalue weighted by molar-refractivity contribution is 5.61. The number of hydrogen-bond donors (Lipinski definition) is 2. The van der Waals surface area contributed by atoms with E-state index < -0.39 is 12.6 Å². The molecular formula is C23H29F3N6O. The van der Waals surface area contributed by atoms with E-state index in [0.717, 1.165) is 41.4 Å². The molecule has 7 nitrogen and oxygen atoms in total. The van der Waals surface area contributed by atoms with Crippen molar-refractivity contribution in [1.29, 1.82) is 0 Å². The van der Waals surface area contributed by atoms with Gasteiger partial charge in [0.2, 0.25) is 0 Å². The molecule has 1 saturated carbocycles. The molecule has 2 aliphatic heterocycles. The van der Waals surface area contributed by atoms with Gasteiger partial charge in [0.25, 0.3) is 0 Å². The Hall–Kier alpha value is -2.59. The lowest BCUT2D eigenvalue weighted by Crippen LogP contribution is -2.52. The first-order chi connectivity index (χ1) is 15.7. The average molecular weight is 463 g/mol. The summed E-state index contributed by atoms with van der Waals surface area (Å²) in [5.74, 6) is 1.64. The summed E-state index contributed by atoms with van der Waals surface area (Å²) in [5.41, 5.74) is 9.33. The van der Waals surface area contributed by atoms with Crippen molar-refractivity contribution in [1.82, 2.24) is 20.3 Å². The number of fused-ring (bicyclic) bond motifs is 1. The van der Waals surface area contributed by atoms with E-state index in [-0.39, 0.29) is 24.2 Å². The third-order valence-corrected chi connectivity index (χ3v) is 6.74. The Balaban J connectivity index is 1.29. The van der Waals surface area contributed by atoms with E-state index in [0.29, 0.717) is 19.6 Å². The molecular weight excluding hydrogens is 433 g/mol. The molecule has 0 amide bonds. The Bertz CT molecular complexity index is 1010. The van der Waals surface area contributed by atoms with Crippen molar-refractivity contribution in [3.63, 3.8) is 0 Å². The highest BCUT2D eigenvalue weighted by Crippen LogP contribution is 2.42. The number of ether oxygens (including phenoxy) is 1. The van der Waals surface area contributed by atoms with Gasteiger partial charge >= 0.3 is 6.18 Å². The van der Waals surface area contributed by atoms with Gasteiger partial charge in [0.1, 0.15) is 23.5 Å². The lowest BCUT2D eigenvalue weighted by atomic mass is 10.0. The van der Waals surface area contributed by atoms with E-state index in [1.54, 1.807) is 6.33 Å². The zero-order chi connectivity index (χ0) is 23.2. The lowest BCUT2D eigenvalue weighted by Gasteiger charge is -2.40. The number of aromatic nitrogens is 2. The molecule has 3 heterocycles. The van der Waals surface area contributed by atoms with Crippen molar-refractivity contribution in [2.75, 3.05) is 36.5 Å². The summed E-state index contributed by atoms with van der Waals surface area (Å²) in [6.07, 6.45) is -1.21. The van der Waals surface area contributed by atoms with Gasteiger partial charge in [-0.1, -0.05) is 0 Å². The number of halogens is 3. The molecule has 0 radical (unpaired) electrons. The van der Waals surface area contributed by atoms with Crippen LogP contribution in [0.5, 0.6) is 5.75 Å². The summed E-state index contributed by atoms with van der Waals surface area (Å²) in [7, 11) is 0. The van der Waals surface area contributed by atoms with Crippen LogP contribution in [0.25, 0.3) is 0 Å². The van der Waals surface area contributed by atoms with E-state index in [4.69, 9.17) is 4.74 Å². The Kier molecular flexibility index (Phi) is 5.60. The fourth-order valence-electron chi connectivity index (χ4n) is 4.48. The molecule has 5 rings (SSSR count). The maximum atomic E-state index is 12.6. The largest absolute Gasteiger partial charge is 0.488 e. The molecule has 0 unspecified atom stereocenters. The van der Waals surface area contributed by atoms with Crippen LogP contribution in [0.3, 0.4) is 0 Å². The monoisotopic (exact) mass is 462 g/mol. The van der Waals surface area contributed by atoms with Crippen LogP contribution in [0.2, 0.25) is 0 Å². The first-order valence-corrected chi connectivity index (χ1v) is 11.4. The van der Waals surface area contributed by atoms with Crippen molar-refractivity contribution >= 4 is 11.5 Å². The quantitative estimate of drug-likeness (QED) is 0.675. The highest BCUT2D eigenvalue weighted by atomic mass is 19.4. The lowest BCUT2D eigenvalue weighted by molar-refractivity contribution is -0.139. The standard InChI is InChI=1S/C23H29F3N6O/c1-15-13-32(10-9-31(15)8-7-23(24,25)26)20-12-19(27-14-28-20)21-17-11-16(33-22(2)5-6-22)3-4-18(17)29-30-21/h3-4,11-12,14-15,21,29-30H,5-10,13H2,1-2H3/t15-,21+/m0/s1. The molecule has 33 heavy (non-hydrogen) atoms. The Labute approximate surface area is 191 Å². The molecule has 2 fully saturated rings. The molecule has 2 aromatic rings. The predicted molar refractivity (Wildman–Crippen MR) is 119 cm³/mol.